The highest BCUT2D eigenvalue weighted by Gasteiger charge is 2.25. The number of Topliss-reactive ketones (excluding diaryl/α,β-unsaturated/α-hetero) is 1. The molecule has 1 aliphatic heterocycles. The standard InChI is InChI=1S/C15H18Br2O5/c1-19-14-9(16)8-10(17)15(20-2)13(14)11(18)4-5-12-21-6-3-7-22-12/h8,12H,3-7H2,1-2H3. The van der Waals surface area contributed by atoms with Crippen LogP contribution in [0.4, 0.5) is 0 Å². The molecule has 0 bridgehead atoms. The number of hydrogen-bond donors (Lipinski definition) is 0. The van der Waals surface area contributed by atoms with Gasteiger partial charge in [0.05, 0.1) is 36.4 Å². The fourth-order valence-electron chi connectivity index (χ4n) is 2.31. The Bertz CT molecular complexity index is 513. The van der Waals surface area contributed by atoms with E-state index in [-0.39, 0.29) is 12.1 Å². The lowest BCUT2D eigenvalue weighted by Crippen LogP contribution is -2.25. The second-order valence-corrected chi connectivity index (χ2v) is 6.48. The van der Waals surface area contributed by atoms with Gasteiger partial charge < -0.3 is 18.9 Å². The maximum absolute atomic E-state index is 12.6. The zero-order valence-corrected chi connectivity index (χ0v) is 15.7. The van der Waals surface area contributed by atoms with Crippen LogP contribution in [0, 0.1) is 0 Å². The van der Waals surface area contributed by atoms with Crippen molar-refractivity contribution in [1.82, 2.24) is 0 Å². The molecule has 0 N–H and O–H groups in total. The average Bonchev–Trinajstić information content (AvgIpc) is 2.53. The molecule has 7 heteroatoms. The summed E-state index contributed by atoms with van der Waals surface area (Å²) in [5, 5.41) is 0. The van der Waals surface area contributed by atoms with Crippen molar-refractivity contribution in [3.63, 3.8) is 0 Å². The number of ketones is 1. The van der Waals surface area contributed by atoms with Crippen LogP contribution in [-0.4, -0.2) is 39.5 Å². The minimum Gasteiger partial charge on any atom is -0.495 e. The Labute approximate surface area is 146 Å². The Morgan fingerprint density at radius 2 is 1.73 bits per heavy atom. The van der Waals surface area contributed by atoms with E-state index in [9.17, 15) is 4.79 Å². The molecule has 0 aromatic heterocycles. The van der Waals surface area contributed by atoms with Crippen molar-refractivity contribution < 1.29 is 23.7 Å². The summed E-state index contributed by atoms with van der Waals surface area (Å²) in [5.74, 6) is 0.861. The van der Waals surface area contributed by atoms with Crippen molar-refractivity contribution in [2.45, 2.75) is 25.6 Å². The number of hydrogen-bond acceptors (Lipinski definition) is 5. The Kier molecular flexibility index (Phi) is 6.67. The Morgan fingerprint density at radius 1 is 1.18 bits per heavy atom. The van der Waals surface area contributed by atoms with E-state index in [0.29, 0.717) is 52.1 Å². The van der Waals surface area contributed by atoms with Crippen LogP contribution in [0.2, 0.25) is 0 Å². The van der Waals surface area contributed by atoms with Gasteiger partial charge in [-0.25, -0.2) is 0 Å². The maximum atomic E-state index is 12.6. The highest BCUT2D eigenvalue weighted by molar-refractivity contribution is 9.11. The average molecular weight is 438 g/mol. The molecule has 1 aliphatic rings. The van der Waals surface area contributed by atoms with Gasteiger partial charge in [-0.3, -0.25) is 4.79 Å². The van der Waals surface area contributed by atoms with Crippen LogP contribution in [0.5, 0.6) is 11.5 Å². The number of halogens is 2. The maximum Gasteiger partial charge on any atom is 0.170 e. The van der Waals surface area contributed by atoms with E-state index in [2.05, 4.69) is 31.9 Å². The van der Waals surface area contributed by atoms with Crippen LogP contribution in [0.1, 0.15) is 29.6 Å². The number of carbonyl (C=O) groups is 1. The second-order valence-electron chi connectivity index (χ2n) is 4.77. The van der Waals surface area contributed by atoms with Crippen LogP contribution in [0.15, 0.2) is 15.0 Å². The number of methoxy groups -OCH3 is 2. The van der Waals surface area contributed by atoms with Crippen LogP contribution in [0.3, 0.4) is 0 Å². The van der Waals surface area contributed by atoms with Crippen molar-refractivity contribution >= 4 is 37.6 Å². The van der Waals surface area contributed by atoms with Gasteiger partial charge in [-0.15, -0.1) is 0 Å². The van der Waals surface area contributed by atoms with E-state index in [0.717, 1.165) is 6.42 Å². The molecule has 1 heterocycles. The van der Waals surface area contributed by atoms with E-state index < -0.39 is 0 Å². The lowest BCUT2D eigenvalue weighted by Gasteiger charge is -2.23. The summed E-state index contributed by atoms with van der Waals surface area (Å²) in [6, 6.07) is 1.79. The molecule has 0 saturated carbocycles. The SMILES string of the molecule is COc1c(Br)cc(Br)c(OC)c1C(=O)CCC1OCCCO1. The quantitative estimate of drug-likeness (QED) is 0.630. The molecule has 1 aromatic carbocycles. The zero-order chi connectivity index (χ0) is 16.1. The highest BCUT2D eigenvalue weighted by Crippen LogP contribution is 2.42. The van der Waals surface area contributed by atoms with E-state index in [1.54, 1.807) is 6.07 Å². The largest absolute Gasteiger partial charge is 0.495 e. The van der Waals surface area contributed by atoms with Gasteiger partial charge in [-0.2, -0.15) is 0 Å². The van der Waals surface area contributed by atoms with E-state index >= 15 is 0 Å². The summed E-state index contributed by atoms with van der Waals surface area (Å²) in [4.78, 5) is 12.6. The Morgan fingerprint density at radius 3 is 2.23 bits per heavy atom. The lowest BCUT2D eigenvalue weighted by atomic mass is 10.0. The minimum atomic E-state index is -0.315. The fraction of sp³-hybridized carbons (Fsp3) is 0.533. The van der Waals surface area contributed by atoms with Crippen LogP contribution in [-0.2, 0) is 9.47 Å². The molecule has 1 saturated heterocycles. The zero-order valence-electron chi connectivity index (χ0n) is 12.5. The van der Waals surface area contributed by atoms with Crippen molar-refractivity contribution in [1.29, 1.82) is 0 Å². The third-order valence-corrected chi connectivity index (χ3v) is 4.51. The first-order valence-electron chi connectivity index (χ1n) is 6.94. The van der Waals surface area contributed by atoms with E-state index in [1.807, 2.05) is 0 Å². The smallest absolute Gasteiger partial charge is 0.170 e. The topological polar surface area (TPSA) is 54.0 Å². The lowest BCUT2D eigenvalue weighted by molar-refractivity contribution is -0.180. The monoisotopic (exact) mass is 436 g/mol. The van der Waals surface area contributed by atoms with Gasteiger partial charge in [0.25, 0.3) is 0 Å². The summed E-state index contributed by atoms with van der Waals surface area (Å²) >= 11 is 6.81. The first-order valence-corrected chi connectivity index (χ1v) is 8.53. The molecule has 1 aromatic rings. The summed E-state index contributed by atoms with van der Waals surface area (Å²) in [7, 11) is 3.05. The molecule has 0 atom stereocenters. The predicted octanol–water partition coefficient (Wildman–Crippen LogP) is 3.95. The molecule has 5 nitrogen and oxygen atoms in total. The molecule has 22 heavy (non-hydrogen) atoms. The van der Waals surface area contributed by atoms with Gasteiger partial charge in [-0.05, 0) is 44.3 Å². The molecule has 2 rings (SSSR count). The van der Waals surface area contributed by atoms with Crippen molar-refractivity contribution in [2.75, 3.05) is 27.4 Å². The molecule has 0 aliphatic carbocycles. The minimum absolute atomic E-state index is 0.0755. The van der Waals surface area contributed by atoms with Gasteiger partial charge in [0.1, 0.15) is 17.1 Å². The normalized spacial score (nSPS) is 15.6. The second kappa shape index (κ2) is 8.29. The Balaban J connectivity index is 2.20. The van der Waals surface area contributed by atoms with Gasteiger partial charge in [-0.1, -0.05) is 0 Å². The number of ether oxygens (including phenoxy) is 4. The van der Waals surface area contributed by atoms with Crippen molar-refractivity contribution in [2.24, 2.45) is 0 Å². The van der Waals surface area contributed by atoms with Crippen LogP contribution < -0.4 is 9.47 Å². The third-order valence-electron chi connectivity index (χ3n) is 3.33. The van der Waals surface area contributed by atoms with Gasteiger partial charge in [0.15, 0.2) is 12.1 Å². The fourth-order valence-corrected chi connectivity index (χ4v) is 3.80. The summed E-state index contributed by atoms with van der Waals surface area (Å²) in [6.07, 6.45) is 1.38. The van der Waals surface area contributed by atoms with Crippen molar-refractivity contribution in [3.8, 4) is 11.5 Å². The first kappa shape index (κ1) is 17.7. The molecular weight excluding hydrogens is 420 g/mol. The predicted molar refractivity (Wildman–Crippen MR) is 88.8 cm³/mol. The number of carbonyl (C=O) groups excluding carboxylic acids is 1. The first-order chi connectivity index (χ1) is 10.6. The highest BCUT2D eigenvalue weighted by atomic mass is 79.9. The van der Waals surface area contributed by atoms with Gasteiger partial charge in [0, 0.05) is 12.8 Å². The summed E-state index contributed by atoms with van der Waals surface area (Å²) < 4.78 is 23.0. The molecule has 0 unspecified atom stereocenters. The van der Waals surface area contributed by atoms with E-state index in [1.165, 1.54) is 14.2 Å². The number of rotatable bonds is 6. The van der Waals surface area contributed by atoms with Gasteiger partial charge >= 0.3 is 0 Å². The molecule has 0 spiro atoms. The number of benzene rings is 1. The van der Waals surface area contributed by atoms with Crippen LogP contribution in [0.25, 0.3) is 0 Å². The molecule has 0 radical (unpaired) electrons. The third kappa shape index (κ3) is 4.01. The molecule has 122 valence electrons. The molecular formula is C15H18Br2O5. The summed E-state index contributed by atoms with van der Waals surface area (Å²) in [5.41, 5.74) is 0.419. The van der Waals surface area contributed by atoms with Crippen LogP contribution >= 0.6 is 31.9 Å². The Hall–Kier alpha value is -0.630. The summed E-state index contributed by atoms with van der Waals surface area (Å²) in [6.45, 7) is 1.35. The van der Waals surface area contributed by atoms with Crippen molar-refractivity contribution in [3.05, 3.63) is 20.6 Å². The molecule has 0 amide bonds. The van der Waals surface area contributed by atoms with Gasteiger partial charge in [0.2, 0.25) is 0 Å². The molecule has 1 fully saturated rings. The van der Waals surface area contributed by atoms with E-state index in [4.69, 9.17) is 18.9 Å².